The number of carbonyl (C=O) groups is 1. The summed E-state index contributed by atoms with van der Waals surface area (Å²) < 4.78 is 5.38. The molecule has 0 saturated heterocycles. The standard InChI is InChI=1S/C13H14N4O4/c1-7-8(2)21-12(16-7)6-15-10-5-9(13(14)18)3-4-11(10)17(19)20/h3-5,15H,6H2,1-2H3,(H2,14,18). The number of nitrogens with zero attached hydrogens (tertiary/aromatic N) is 2. The van der Waals surface area contributed by atoms with Crippen LogP contribution in [0.4, 0.5) is 11.4 Å². The molecule has 110 valence electrons. The number of primary amides is 1. The number of nitrogens with two attached hydrogens (primary N) is 1. The molecule has 1 heterocycles. The van der Waals surface area contributed by atoms with Crippen molar-refractivity contribution in [2.75, 3.05) is 5.32 Å². The summed E-state index contributed by atoms with van der Waals surface area (Å²) in [5, 5.41) is 13.8. The van der Waals surface area contributed by atoms with E-state index in [-0.39, 0.29) is 23.5 Å². The van der Waals surface area contributed by atoms with E-state index >= 15 is 0 Å². The van der Waals surface area contributed by atoms with E-state index in [1.165, 1.54) is 18.2 Å². The summed E-state index contributed by atoms with van der Waals surface area (Å²) in [5.41, 5.74) is 6.14. The van der Waals surface area contributed by atoms with Gasteiger partial charge in [0.15, 0.2) is 0 Å². The van der Waals surface area contributed by atoms with Crippen LogP contribution in [0, 0.1) is 24.0 Å². The normalized spacial score (nSPS) is 10.4. The lowest BCUT2D eigenvalue weighted by molar-refractivity contribution is -0.384. The predicted molar refractivity (Wildman–Crippen MR) is 74.9 cm³/mol. The van der Waals surface area contributed by atoms with Crippen molar-refractivity contribution in [1.29, 1.82) is 0 Å². The molecular weight excluding hydrogens is 276 g/mol. The van der Waals surface area contributed by atoms with E-state index in [1.54, 1.807) is 13.8 Å². The zero-order valence-corrected chi connectivity index (χ0v) is 11.5. The maximum absolute atomic E-state index is 11.2. The number of rotatable bonds is 5. The molecular formula is C13H14N4O4. The molecule has 1 amide bonds. The molecule has 0 aliphatic carbocycles. The molecule has 0 atom stereocenters. The molecule has 3 N–H and O–H groups in total. The zero-order chi connectivity index (χ0) is 15.6. The third kappa shape index (κ3) is 3.16. The molecule has 0 bridgehead atoms. The molecule has 0 spiro atoms. The van der Waals surface area contributed by atoms with Gasteiger partial charge in [-0.2, -0.15) is 0 Å². The molecule has 0 unspecified atom stereocenters. The summed E-state index contributed by atoms with van der Waals surface area (Å²) in [5.74, 6) is 0.437. The Bertz CT molecular complexity index is 689. The number of nitro groups is 1. The first-order valence-electron chi connectivity index (χ1n) is 6.13. The number of hydrogen-bond acceptors (Lipinski definition) is 6. The average molecular weight is 290 g/mol. The molecule has 0 aliphatic rings. The van der Waals surface area contributed by atoms with Crippen LogP contribution in [0.5, 0.6) is 0 Å². The van der Waals surface area contributed by atoms with E-state index in [1.807, 2.05) is 0 Å². The fraction of sp³-hybridized carbons (Fsp3) is 0.231. The minimum Gasteiger partial charge on any atom is -0.444 e. The molecule has 0 radical (unpaired) electrons. The molecule has 1 aromatic carbocycles. The summed E-state index contributed by atoms with van der Waals surface area (Å²) in [4.78, 5) is 25.8. The minimum absolute atomic E-state index is 0.153. The van der Waals surface area contributed by atoms with Gasteiger partial charge in [0.1, 0.15) is 11.4 Å². The summed E-state index contributed by atoms with van der Waals surface area (Å²) in [6.45, 7) is 3.75. The molecule has 8 nitrogen and oxygen atoms in total. The van der Waals surface area contributed by atoms with E-state index < -0.39 is 10.8 Å². The molecule has 0 fully saturated rings. The second-order valence-electron chi connectivity index (χ2n) is 4.46. The number of aryl methyl sites for hydroxylation is 2. The Morgan fingerprint density at radius 2 is 2.19 bits per heavy atom. The Balaban J connectivity index is 2.26. The van der Waals surface area contributed by atoms with Crippen molar-refractivity contribution in [2.45, 2.75) is 20.4 Å². The van der Waals surface area contributed by atoms with Crippen molar-refractivity contribution >= 4 is 17.3 Å². The fourth-order valence-corrected chi connectivity index (χ4v) is 1.78. The van der Waals surface area contributed by atoms with Gasteiger partial charge in [-0.05, 0) is 26.0 Å². The lowest BCUT2D eigenvalue weighted by atomic mass is 10.1. The zero-order valence-electron chi connectivity index (χ0n) is 11.5. The number of aromatic nitrogens is 1. The molecule has 21 heavy (non-hydrogen) atoms. The fourth-order valence-electron chi connectivity index (χ4n) is 1.78. The van der Waals surface area contributed by atoms with Gasteiger partial charge in [0.25, 0.3) is 5.69 Å². The van der Waals surface area contributed by atoms with E-state index in [9.17, 15) is 14.9 Å². The van der Waals surface area contributed by atoms with Crippen LogP contribution < -0.4 is 11.1 Å². The van der Waals surface area contributed by atoms with Crippen LogP contribution in [-0.2, 0) is 6.54 Å². The summed E-state index contributed by atoms with van der Waals surface area (Å²) in [7, 11) is 0. The number of nitrogens with one attached hydrogen (secondary N) is 1. The van der Waals surface area contributed by atoms with Gasteiger partial charge in [0, 0.05) is 11.6 Å². The topological polar surface area (TPSA) is 124 Å². The Hall–Kier alpha value is -2.90. The summed E-state index contributed by atoms with van der Waals surface area (Å²) in [6, 6.07) is 3.88. The lowest BCUT2D eigenvalue weighted by Gasteiger charge is -2.06. The maximum atomic E-state index is 11.2. The van der Waals surface area contributed by atoms with Crippen LogP contribution in [0.25, 0.3) is 0 Å². The van der Waals surface area contributed by atoms with Crippen molar-refractivity contribution in [3.63, 3.8) is 0 Å². The number of oxazole rings is 1. The summed E-state index contributed by atoms with van der Waals surface area (Å²) >= 11 is 0. The van der Waals surface area contributed by atoms with Gasteiger partial charge < -0.3 is 15.5 Å². The van der Waals surface area contributed by atoms with Gasteiger partial charge in [-0.25, -0.2) is 4.98 Å². The first-order valence-corrected chi connectivity index (χ1v) is 6.13. The largest absolute Gasteiger partial charge is 0.444 e. The highest BCUT2D eigenvalue weighted by Crippen LogP contribution is 2.26. The van der Waals surface area contributed by atoms with E-state index in [0.717, 1.165) is 5.69 Å². The first-order chi connectivity index (χ1) is 9.88. The maximum Gasteiger partial charge on any atom is 0.292 e. The van der Waals surface area contributed by atoms with E-state index in [2.05, 4.69) is 10.3 Å². The molecule has 0 saturated carbocycles. The number of anilines is 1. The highest BCUT2D eigenvalue weighted by Gasteiger charge is 2.16. The van der Waals surface area contributed by atoms with Crippen LogP contribution in [0.2, 0.25) is 0 Å². The minimum atomic E-state index is -0.657. The smallest absolute Gasteiger partial charge is 0.292 e. The van der Waals surface area contributed by atoms with Crippen LogP contribution >= 0.6 is 0 Å². The monoisotopic (exact) mass is 290 g/mol. The molecule has 1 aromatic heterocycles. The van der Waals surface area contributed by atoms with Crippen molar-refractivity contribution in [2.24, 2.45) is 5.73 Å². The van der Waals surface area contributed by atoms with Crippen molar-refractivity contribution < 1.29 is 14.1 Å². The lowest BCUT2D eigenvalue weighted by Crippen LogP contribution is -2.12. The molecule has 0 aliphatic heterocycles. The van der Waals surface area contributed by atoms with Crippen LogP contribution in [-0.4, -0.2) is 15.8 Å². The molecule has 2 aromatic rings. The second kappa shape index (κ2) is 5.61. The predicted octanol–water partition coefficient (Wildman–Crippen LogP) is 1.91. The third-order valence-electron chi connectivity index (χ3n) is 2.98. The van der Waals surface area contributed by atoms with Crippen LogP contribution in [0.3, 0.4) is 0 Å². The Kier molecular flexibility index (Phi) is 3.88. The highest BCUT2D eigenvalue weighted by atomic mass is 16.6. The number of amides is 1. The van der Waals surface area contributed by atoms with Gasteiger partial charge in [0.2, 0.25) is 11.8 Å². The van der Waals surface area contributed by atoms with Gasteiger partial charge >= 0.3 is 0 Å². The van der Waals surface area contributed by atoms with Crippen molar-refractivity contribution in [3.05, 3.63) is 51.2 Å². The number of nitro benzene ring substituents is 1. The highest BCUT2D eigenvalue weighted by molar-refractivity contribution is 5.94. The third-order valence-corrected chi connectivity index (χ3v) is 2.98. The molecule has 2 rings (SSSR count). The Morgan fingerprint density at radius 1 is 1.48 bits per heavy atom. The second-order valence-corrected chi connectivity index (χ2v) is 4.46. The van der Waals surface area contributed by atoms with Gasteiger partial charge in [0.05, 0.1) is 17.2 Å². The van der Waals surface area contributed by atoms with Crippen LogP contribution in [0.1, 0.15) is 27.7 Å². The van der Waals surface area contributed by atoms with E-state index in [0.29, 0.717) is 11.7 Å². The van der Waals surface area contributed by atoms with E-state index in [4.69, 9.17) is 10.2 Å². The van der Waals surface area contributed by atoms with Crippen LogP contribution in [0.15, 0.2) is 22.6 Å². The molecule has 8 heteroatoms. The van der Waals surface area contributed by atoms with Crippen molar-refractivity contribution in [1.82, 2.24) is 4.98 Å². The van der Waals surface area contributed by atoms with Crippen molar-refractivity contribution in [3.8, 4) is 0 Å². The number of carbonyl (C=O) groups excluding carboxylic acids is 1. The SMILES string of the molecule is Cc1nc(CNc2cc(C(N)=O)ccc2[N+](=O)[O-])oc1C. The van der Waals surface area contributed by atoms with Gasteiger partial charge in [-0.1, -0.05) is 0 Å². The summed E-state index contributed by atoms with van der Waals surface area (Å²) in [6.07, 6.45) is 0. The van der Waals surface area contributed by atoms with Gasteiger partial charge in [-0.15, -0.1) is 0 Å². The van der Waals surface area contributed by atoms with Gasteiger partial charge in [-0.3, -0.25) is 14.9 Å². The average Bonchev–Trinajstić information content (AvgIpc) is 2.75. The quantitative estimate of drug-likeness (QED) is 0.640. The Morgan fingerprint density at radius 3 is 2.71 bits per heavy atom. The number of benzene rings is 1. The first kappa shape index (κ1) is 14.5. The Labute approximate surface area is 120 Å². The number of hydrogen-bond donors (Lipinski definition) is 2.